The van der Waals surface area contributed by atoms with E-state index in [9.17, 15) is 17.6 Å². The molecule has 0 aromatic rings. The standard InChI is InChI=1S/C10H18F4O3/c1-3-16-8(17-4-2)5-6-15-7-10(13,14)9(11)12/h8-9H,3-7H2,1-2H3. The Kier molecular flexibility index (Phi) is 8.45. The van der Waals surface area contributed by atoms with Crippen molar-refractivity contribution in [1.29, 1.82) is 0 Å². The lowest BCUT2D eigenvalue weighted by atomic mass is 10.4. The molecule has 3 nitrogen and oxygen atoms in total. The number of hydrogen-bond donors (Lipinski definition) is 0. The van der Waals surface area contributed by atoms with Crippen molar-refractivity contribution in [1.82, 2.24) is 0 Å². The number of alkyl halides is 4. The van der Waals surface area contributed by atoms with Crippen molar-refractivity contribution in [2.45, 2.75) is 38.9 Å². The van der Waals surface area contributed by atoms with Gasteiger partial charge in [0.15, 0.2) is 6.29 Å². The third-order valence-corrected chi connectivity index (χ3v) is 1.82. The fourth-order valence-electron chi connectivity index (χ4n) is 1.04. The normalized spacial score (nSPS) is 12.7. The van der Waals surface area contributed by atoms with Gasteiger partial charge in [0.25, 0.3) is 0 Å². The van der Waals surface area contributed by atoms with E-state index in [1.54, 1.807) is 13.8 Å². The van der Waals surface area contributed by atoms with E-state index in [-0.39, 0.29) is 13.0 Å². The van der Waals surface area contributed by atoms with Crippen LogP contribution in [-0.2, 0) is 14.2 Å². The summed E-state index contributed by atoms with van der Waals surface area (Å²) in [6, 6.07) is 0. The summed E-state index contributed by atoms with van der Waals surface area (Å²) in [5.74, 6) is -4.10. The van der Waals surface area contributed by atoms with Gasteiger partial charge in [0.1, 0.15) is 6.61 Å². The Morgan fingerprint density at radius 3 is 2.00 bits per heavy atom. The quantitative estimate of drug-likeness (QED) is 0.344. The number of rotatable bonds is 10. The fourth-order valence-corrected chi connectivity index (χ4v) is 1.04. The molecule has 0 amide bonds. The average Bonchev–Trinajstić information content (AvgIpc) is 2.24. The zero-order valence-corrected chi connectivity index (χ0v) is 9.93. The first kappa shape index (κ1) is 16.6. The molecule has 0 rings (SSSR count). The maximum atomic E-state index is 12.4. The highest BCUT2D eigenvalue weighted by atomic mass is 19.3. The molecule has 0 bridgehead atoms. The largest absolute Gasteiger partial charge is 0.375 e. The zero-order valence-electron chi connectivity index (χ0n) is 9.93. The lowest BCUT2D eigenvalue weighted by Gasteiger charge is -2.18. The molecule has 0 atom stereocenters. The van der Waals surface area contributed by atoms with Gasteiger partial charge in [-0.15, -0.1) is 0 Å². The zero-order chi connectivity index (χ0) is 13.3. The van der Waals surface area contributed by atoms with E-state index in [1.165, 1.54) is 0 Å². The molecule has 7 heteroatoms. The highest BCUT2D eigenvalue weighted by molar-refractivity contribution is 4.67. The molecule has 0 aliphatic rings. The van der Waals surface area contributed by atoms with Crippen LogP contribution < -0.4 is 0 Å². The summed E-state index contributed by atoms with van der Waals surface area (Å²) in [7, 11) is 0. The minimum atomic E-state index is -4.10. The van der Waals surface area contributed by atoms with Crippen LogP contribution in [0.4, 0.5) is 17.6 Å². The van der Waals surface area contributed by atoms with Crippen molar-refractivity contribution in [3.63, 3.8) is 0 Å². The van der Waals surface area contributed by atoms with Gasteiger partial charge in [0, 0.05) is 19.6 Å². The predicted octanol–water partition coefficient (Wildman–Crippen LogP) is 2.69. The van der Waals surface area contributed by atoms with Gasteiger partial charge in [-0.2, -0.15) is 8.78 Å². The lowest BCUT2D eigenvalue weighted by Crippen LogP contribution is -2.33. The molecule has 0 aliphatic heterocycles. The molecule has 104 valence electrons. The van der Waals surface area contributed by atoms with E-state index in [0.717, 1.165) is 0 Å². The van der Waals surface area contributed by atoms with Gasteiger partial charge >= 0.3 is 12.3 Å². The maximum absolute atomic E-state index is 12.4. The van der Waals surface area contributed by atoms with E-state index in [4.69, 9.17) is 9.47 Å². The Labute approximate surface area is 98.0 Å². The monoisotopic (exact) mass is 262 g/mol. The summed E-state index contributed by atoms with van der Waals surface area (Å²) in [5.41, 5.74) is 0. The van der Waals surface area contributed by atoms with E-state index < -0.39 is 25.2 Å². The molecule has 0 saturated carbocycles. The van der Waals surface area contributed by atoms with Crippen LogP contribution in [0.3, 0.4) is 0 Å². The van der Waals surface area contributed by atoms with E-state index >= 15 is 0 Å². The Morgan fingerprint density at radius 1 is 1.06 bits per heavy atom. The Morgan fingerprint density at radius 2 is 1.59 bits per heavy atom. The lowest BCUT2D eigenvalue weighted by molar-refractivity contribution is -0.178. The third-order valence-electron chi connectivity index (χ3n) is 1.82. The van der Waals surface area contributed by atoms with Crippen LogP contribution in [0.1, 0.15) is 20.3 Å². The van der Waals surface area contributed by atoms with E-state index in [0.29, 0.717) is 13.2 Å². The van der Waals surface area contributed by atoms with Crippen LogP contribution >= 0.6 is 0 Å². The molecule has 0 saturated heterocycles. The van der Waals surface area contributed by atoms with Crippen LogP contribution in [0, 0.1) is 0 Å². The van der Waals surface area contributed by atoms with Crippen molar-refractivity contribution in [2.75, 3.05) is 26.4 Å². The van der Waals surface area contributed by atoms with Gasteiger partial charge < -0.3 is 14.2 Å². The second-order valence-corrected chi connectivity index (χ2v) is 3.24. The molecular formula is C10H18F4O3. The topological polar surface area (TPSA) is 27.7 Å². The molecule has 0 spiro atoms. The SMILES string of the molecule is CCOC(CCOCC(F)(F)C(F)F)OCC. The van der Waals surface area contributed by atoms with Gasteiger partial charge in [0.2, 0.25) is 0 Å². The summed E-state index contributed by atoms with van der Waals surface area (Å²) in [4.78, 5) is 0. The second kappa shape index (κ2) is 8.66. The number of ether oxygens (including phenoxy) is 3. The predicted molar refractivity (Wildman–Crippen MR) is 53.4 cm³/mol. The first-order chi connectivity index (χ1) is 7.94. The summed E-state index contributed by atoms with van der Waals surface area (Å²) in [6.07, 6.45) is -4.04. The summed E-state index contributed by atoms with van der Waals surface area (Å²) in [5, 5.41) is 0. The van der Waals surface area contributed by atoms with Crippen LogP contribution in [0.25, 0.3) is 0 Å². The summed E-state index contributed by atoms with van der Waals surface area (Å²) in [6.45, 7) is 2.94. The van der Waals surface area contributed by atoms with Gasteiger partial charge in [-0.1, -0.05) is 0 Å². The summed E-state index contributed by atoms with van der Waals surface area (Å²) < 4.78 is 63.1. The molecule has 0 aromatic carbocycles. The molecule has 0 aromatic heterocycles. The van der Waals surface area contributed by atoms with E-state index in [1.807, 2.05) is 0 Å². The first-order valence-corrected chi connectivity index (χ1v) is 5.41. The molecule has 0 aliphatic carbocycles. The van der Waals surface area contributed by atoms with Crippen molar-refractivity contribution < 1.29 is 31.8 Å². The maximum Gasteiger partial charge on any atom is 0.330 e. The van der Waals surface area contributed by atoms with Gasteiger partial charge in [-0.3, -0.25) is 0 Å². The van der Waals surface area contributed by atoms with Gasteiger partial charge in [0.05, 0.1) is 6.61 Å². The second-order valence-electron chi connectivity index (χ2n) is 3.24. The first-order valence-electron chi connectivity index (χ1n) is 5.41. The Hall–Kier alpha value is -0.400. The minimum absolute atomic E-state index is 0.118. The van der Waals surface area contributed by atoms with Crippen molar-refractivity contribution in [3.8, 4) is 0 Å². The molecule has 17 heavy (non-hydrogen) atoms. The van der Waals surface area contributed by atoms with Crippen LogP contribution in [0.5, 0.6) is 0 Å². The molecule has 0 radical (unpaired) electrons. The minimum Gasteiger partial charge on any atom is -0.375 e. The molecule has 0 unspecified atom stereocenters. The van der Waals surface area contributed by atoms with Crippen molar-refractivity contribution in [2.24, 2.45) is 0 Å². The van der Waals surface area contributed by atoms with E-state index in [2.05, 4.69) is 4.74 Å². The number of hydrogen-bond acceptors (Lipinski definition) is 3. The highest BCUT2D eigenvalue weighted by Gasteiger charge is 2.40. The Balaban J connectivity index is 3.74. The van der Waals surface area contributed by atoms with Gasteiger partial charge in [-0.25, -0.2) is 8.78 Å². The molecule has 0 fully saturated rings. The van der Waals surface area contributed by atoms with Crippen LogP contribution in [0.15, 0.2) is 0 Å². The molecule has 0 N–H and O–H groups in total. The van der Waals surface area contributed by atoms with Crippen LogP contribution in [-0.4, -0.2) is 45.1 Å². The molecule has 0 heterocycles. The summed E-state index contributed by atoms with van der Waals surface area (Å²) >= 11 is 0. The molecular weight excluding hydrogens is 244 g/mol. The van der Waals surface area contributed by atoms with Crippen molar-refractivity contribution >= 4 is 0 Å². The highest BCUT2D eigenvalue weighted by Crippen LogP contribution is 2.22. The fraction of sp³-hybridized carbons (Fsp3) is 1.00. The van der Waals surface area contributed by atoms with Gasteiger partial charge in [-0.05, 0) is 13.8 Å². The smallest absolute Gasteiger partial charge is 0.330 e. The van der Waals surface area contributed by atoms with Crippen LogP contribution in [0.2, 0.25) is 0 Å². The van der Waals surface area contributed by atoms with Crippen molar-refractivity contribution in [3.05, 3.63) is 0 Å². The average molecular weight is 262 g/mol. The third kappa shape index (κ3) is 7.51. The Bertz CT molecular complexity index is 184. The number of halogens is 4.